The van der Waals surface area contributed by atoms with Gasteiger partial charge in [0.05, 0.1) is 12.5 Å². The van der Waals surface area contributed by atoms with Gasteiger partial charge in [0.25, 0.3) is 0 Å². The van der Waals surface area contributed by atoms with Gasteiger partial charge in [-0.2, -0.15) is 0 Å². The van der Waals surface area contributed by atoms with E-state index in [-0.39, 0.29) is 24.3 Å². The lowest BCUT2D eigenvalue weighted by molar-refractivity contribution is -0.139. The Labute approximate surface area is 108 Å². The minimum atomic E-state index is -0.268. The maximum absolute atomic E-state index is 12.3. The van der Waals surface area contributed by atoms with E-state index in [0.29, 0.717) is 6.54 Å². The number of carbonyl (C=O) groups is 1. The van der Waals surface area contributed by atoms with E-state index in [0.717, 1.165) is 13.0 Å². The normalized spacial score (nSPS) is 16.6. The lowest BCUT2D eigenvalue weighted by atomic mass is 9.93. The Morgan fingerprint density at radius 3 is 2.61 bits per heavy atom. The first-order valence-corrected chi connectivity index (χ1v) is 6.60. The summed E-state index contributed by atoms with van der Waals surface area (Å²) in [5.41, 5.74) is 2.57. The van der Waals surface area contributed by atoms with Crippen molar-refractivity contribution in [3.8, 4) is 0 Å². The molecule has 1 aliphatic heterocycles. The topological polar surface area (TPSA) is 40.5 Å². The Kier molecular flexibility index (Phi) is 4.02. The Morgan fingerprint density at radius 1 is 1.33 bits per heavy atom. The van der Waals surface area contributed by atoms with E-state index >= 15 is 0 Å². The fourth-order valence-electron chi connectivity index (χ4n) is 2.49. The van der Waals surface area contributed by atoms with Crippen molar-refractivity contribution in [3.63, 3.8) is 0 Å². The molecule has 1 aliphatic rings. The molecule has 1 heterocycles. The summed E-state index contributed by atoms with van der Waals surface area (Å²) in [6.45, 7) is 5.35. The summed E-state index contributed by atoms with van der Waals surface area (Å²) in [5, 5.41) is 9.35. The zero-order valence-electron chi connectivity index (χ0n) is 11.1. The van der Waals surface area contributed by atoms with Crippen LogP contribution in [0.1, 0.15) is 25.0 Å². The molecule has 1 aromatic rings. The number of carbonyl (C=O) groups excluding carboxylic acids is 1. The Morgan fingerprint density at radius 2 is 2.00 bits per heavy atom. The number of nitrogens with zero attached hydrogens (tertiary/aromatic N) is 1. The van der Waals surface area contributed by atoms with E-state index < -0.39 is 0 Å². The van der Waals surface area contributed by atoms with E-state index in [2.05, 4.69) is 12.1 Å². The van der Waals surface area contributed by atoms with Crippen LogP contribution in [0.3, 0.4) is 0 Å². The van der Waals surface area contributed by atoms with Gasteiger partial charge in [-0.05, 0) is 23.5 Å². The van der Waals surface area contributed by atoms with Crippen molar-refractivity contribution in [3.05, 3.63) is 35.4 Å². The first kappa shape index (κ1) is 13.1. The molecule has 1 atom stereocenters. The third-order valence-corrected chi connectivity index (χ3v) is 3.76. The van der Waals surface area contributed by atoms with Crippen LogP contribution in [0.25, 0.3) is 0 Å². The second-order valence-electron chi connectivity index (χ2n) is 5.31. The van der Waals surface area contributed by atoms with Crippen molar-refractivity contribution >= 4 is 5.91 Å². The monoisotopic (exact) mass is 247 g/mol. The molecule has 0 bridgehead atoms. The van der Waals surface area contributed by atoms with Gasteiger partial charge in [-0.1, -0.05) is 38.1 Å². The number of amides is 1. The quantitative estimate of drug-likeness (QED) is 0.885. The highest BCUT2D eigenvalue weighted by atomic mass is 16.3. The Hall–Kier alpha value is -1.35. The van der Waals surface area contributed by atoms with Crippen molar-refractivity contribution in [2.75, 3.05) is 13.2 Å². The molecule has 1 aromatic carbocycles. The van der Waals surface area contributed by atoms with E-state index in [4.69, 9.17) is 0 Å². The third kappa shape index (κ3) is 2.56. The van der Waals surface area contributed by atoms with Gasteiger partial charge >= 0.3 is 0 Å². The maximum Gasteiger partial charge on any atom is 0.228 e. The highest BCUT2D eigenvalue weighted by Gasteiger charge is 2.28. The number of hydrogen-bond acceptors (Lipinski definition) is 2. The summed E-state index contributed by atoms with van der Waals surface area (Å²) in [6.07, 6.45) is 0.915. The van der Waals surface area contributed by atoms with E-state index in [1.165, 1.54) is 11.1 Å². The summed E-state index contributed by atoms with van der Waals surface area (Å²) in [5.74, 6) is -0.00284. The van der Waals surface area contributed by atoms with Crippen molar-refractivity contribution in [1.82, 2.24) is 4.90 Å². The standard InChI is InChI=1S/C15H21NO2/c1-11(2)14(10-17)15(18)16-8-7-12-5-3-4-6-13(12)9-16/h3-6,11,14,17H,7-10H2,1-2H3. The van der Waals surface area contributed by atoms with Gasteiger partial charge in [-0.15, -0.1) is 0 Å². The molecule has 0 aromatic heterocycles. The van der Waals surface area contributed by atoms with E-state index in [1.807, 2.05) is 30.9 Å². The molecule has 98 valence electrons. The zero-order chi connectivity index (χ0) is 13.1. The van der Waals surface area contributed by atoms with E-state index in [1.54, 1.807) is 0 Å². The second kappa shape index (κ2) is 5.53. The number of hydrogen-bond donors (Lipinski definition) is 1. The van der Waals surface area contributed by atoms with Crippen LogP contribution >= 0.6 is 0 Å². The fourth-order valence-corrected chi connectivity index (χ4v) is 2.49. The fraction of sp³-hybridized carbons (Fsp3) is 0.533. The van der Waals surface area contributed by atoms with Crippen LogP contribution in [0.15, 0.2) is 24.3 Å². The molecule has 0 saturated carbocycles. The first-order valence-electron chi connectivity index (χ1n) is 6.60. The van der Waals surface area contributed by atoms with Crippen LogP contribution in [0.4, 0.5) is 0 Å². The molecule has 0 radical (unpaired) electrons. The molecule has 2 rings (SSSR count). The predicted octanol–water partition coefficient (Wildman–Crippen LogP) is 1.84. The number of aliphatic hydroxyl groups excluding tert-OH is 1. The number of rotatable bonds is 3. The summed E-state index contributed by atoms with van der Waals surface area (Å²) in [6, 6.07) is 8.26. The minimum Gasteiger partial charge on any atom is -0.396 e. The summed E-state index contributed by atoms with van der Waals surface area (Å²) in [7, 11) is 0. The molecule has 18 heavy (non-hydrogen) atoms. The number of aliphatic hydroxyl groups is 1. The zero-order valence-corrected chi connectivity index (χ0v) is 11.1. The molecule has 3 heteroatoms. The van der Waals surface area contributed by atoms with Gasteiger partial charge < -0.3 is 10.0 Å². The molecule has 0 aliphatic carbocycles. The van der Waals surface area contributed by atoms with Crippen molar-refractivity contribution in [2.45, 2.75) is 26.8 Å². The van der Waals surface area contributed by atoms with Crippen LogP contribution < -0.4 is 0 Å². The highest BCUT2D eigenvalue weighted by Crippen LogP contribution is 2.22. The Balaban J connectivity index is 2.11. The summed E-state index contributed by atoms with van der Waals surface area (Å²) in [4.78, 5) is 14.2. The molecule has 1 unspecified atom stereocenters. The van der Waals surface area contributed by atoms with Crippen molar-refractivity contribution in [1.29, 1.82) is 0 Å². The average Bonchev–Trinajstić information content (AvgIpc) is 2.38. The molecule has 0 fully saturated rings. The minimum absolute atomic E-state index is 0.0609. The third-order valence-electron chi connectivity index (χ3n) is 3.76. The van der Waals surface area contributed by atoms with Gasteiger partial charge in [-0.3, -0.25) is 4.79 Å². The largest absolute Gasteiger partial charge is 0.396 e. The van der Waals surface area contributed by atoms with Gasteiger partial charge in [-0.25, -0.2) is 0 Å². The highest BCUT2D eigenvalue weighted by molar-refractivity contribution is 5.79. The summed E-state index contributed by atoms with van der Waals surface area (Å²) < 4.78 is 0. The van der Waals surface area contributed by atoms with Gasteiger partial charge in [0.15, 0.2) is 0 Å². The molecule has 1 amide bonds. The van der Waals surface area contributed by atoms with Crippen LogP contribution in [-0.4, -0.2) is 29.1 Å². The molecule has 0 spiro atoms. The second-order valence-corrected chi connectivity index (χ2v) is 5.31. The van der Waals surface area contributed by atoms with Crippen molar-refractivity contribution in [2.24, 2.45) is 11.8 Å². The van der Waals surface area contributed by atoms with Crippen LogP contribution in [0.5, 0.6) is 0 Å². The van der Waals surface area contributed by atoms with Crippen LogP contribution in [0.2, 0.25) is 0 Å². The van der Waals surface area contributed by atoms with Gasteiger partial charge in [0, 0.05) is 13.1 Å². The molecular weight excluding hydrogens is 226 g/mol. The van der Waals surface area contributed by atoms with Gasteiger partial charge in [0.1, 0.15) is 0 Å². The van der Waals surface area contributed by atoms with E-state index in [9.17, 15) is 9.90 Å². The molecule has 1 N–H and O–H groups in total. The van der Waals surface area contributed by atoms with Crippen LogP contribution in [-0.2, 0) is 17.8 Å². The smallest absolute Gasteiger partial charge is 0.228 e. The van der Waals surface area contributed by atoms with Crippen LogP contribution in [0, 0.1) is 11.8 Å². The number of benzene rings is 1. The maximum atomic E-state index is 12.3. The lowest BCUT2D eigenvalue weighted by Gasteiger charge is -2.32. The molecule has 0 saturated heterocycles. The SMILES string of the molecule is CC(C)C(CO)C(=O)N1CCc2ccccc2C1. The lowest BCUT2D eigenvalue weighted by Crippen LogP contribution is -2.42. The molecular formula is C15H21NO2. The number of fused-ring (bicyclic) bond motifs is 1. The summed E-state index contributed by atoms with van der Waals surface area (Å²) >= 11 is 0. The Bertz CT molecular complexity index is 428. The predicted molar refractivity (Wildman–Crippen MR) is 71.0 cm³/mol. The average molecular weight is 247 g/mol. The van der Waals surface area contributed by atoms with Crippen molar-refractivity contribution < 1.29 is 9.90 Å². The first-order chi connectivity index (χ1) is 8.63. The van der Waals surface area contributed by atoms with Gasteiger partial charge in [0.2, 0.25) is 5.91 Å². The molecule has 3 nitrogen and oxygen atoms in total.